The number of methoxy groups -OCH3 is 1. The summed E-state index contributed by atoms with van der Waals surface area (Å²) in [4.78, 5) is 12.2. The Kier molecular flexibility index (Phi) is 4.34. The highest BCUT2D eigenvalue weighted by atomic mass is 79.9. The fraction of sp³-hybridized carbons (Fsp3) is 0.214. The summed E-state index contributed by atoms with van der Waals surface area (Å²) in [6.45, 7) is 2.70. The van der Waals surface area contributed by atoms with Crippen molar-refractivity contribution in [1.29, 1.82) is 0 Å². The number of benzene rings is 1. The number of halogens is 1. The molecule has 0 saturated heterocycles. The van der Waals surface area contributed by atoms with E-state index in [1.165, 1.54) is 0 Å². The Labute approximate surface area is 125 Å². The van der Waals surface area contributed by atoms with Gasteiger partial charge in [-0.1, -0.05) is 0 Å². The van der Waals surface area contributed by atoms with Gasteiger partial charge in [0.25, 0.3) is 5.91 Å². The first-order valence-electron chi connectivity index (χ1n) is 6.15. The molecule has 1 amide bonds. The number of nitrogen functional groups attached to an aromatic ring is 1. The largest absolute Gasteiger partial charge is 0.495 e. The molecule has 20 heavy (non-hydrogen) atoms. The molecule has 3 N–H and O–H groups in total. The lowest BCUT2D eigenvalue weighted by atomic mass is 10.2. The van der Waals surface area contributed by atoms with Crippen LogP contribution in [0.3, 0.4) is 0 Å². The molecule has 106 valence electrons. The molecule has 6 heteroatoms. The monoisotopic (exact) mass is 337 g/mol. The van der Waals surface area contributed by atoms with Crippen LogP contribution in [0.2, 0.25) is 0 Å². The van der Waals surface area contributed by atoms with Crippen LogP contribution in [0.4, 0.5) is 11.4 Å². The third-order valence-corrected chi connectivity index (χ3v) is 3.36. The molecule has 0 atom stereocenters. The van der Waals surface area contributed by atoms with Crippen molar-refractivity contribution >= 4 is 33.2 Å². The molecule has 0 unspecified atom stereocenters. The number of carbonyl (C=O) groups excluding carboxylic acids is 1. The molecule has 0 aliphatic rings. The fourth-order valence-electron chi connectivity index (χ4n) is 1.93. The molecule has 0 fully saturated rings. The molecule has 0 saturated carbocycles. The first kappa shape index (κ1) is 14.5. The summed E-state index contributed by atoms with van der Waals surface area (Å²) >= 11 is 3.37. The van der Waals surface area contributed by atoms with Crippen molar-refractivity contribution in [1.82, 2.24) is 4.57 Å². The van der Waals surface area contributed by atoms with Gasteiger partial charge < -0.3 is 20.4 Å². The van der Waals surface area contributed by atoms with Crippen LogP contribution in [-0.2, 0) is 6.54 Å². The van der Waals surface area contributed by atoms with E-state index in [4.69, 9.17) is 10.5 Å². The number of carbonyl (C=O) groups is 1. The molecule has 0 aliphatic carbocycles. The van der Waals surface area contributed by atoms with Gasteiger partial charge >= 0.3 is 0 Å². The normalized spacial score (nSPS) is 10.3. The van der Waals surface area contributed by atoms with Crippen molar-refractivity contribution in [2.24, 2.45) is 0 Å². The fourth-order valence-corrected chi connectivity index (χ4v) is 2.40. The average Bonchev–Trinajstić information content (AvgIpc) is 2.80. The van der Waals surface area contributed by atoms with Crippen LogP contribution in [-0.4, -0.2) is 17.6 Å². The molecular formula is C14H16BrN3O2. The lowest BCUT2D eigenvalue weighted by Crippen LogP contribution is -2.16. The smallest absolute Gasteiger partial charge is 0.272 e. The summed E-state index contributed by atoms with van der Waals surface area (Å²) in [5, 5.41) is 2.82. The Morgan fingerprint density at radius 3 is 2.80 bits per heavy atom. The molecule has 0 spiro atoms. The van der Waals surface area contributed by atoms with Crippen LogP contribution in [0.25, 0.3) is 0 Å². The zero-order valence-electron chi connectivity index (χ0n) is 11.3. The van der Waals surface area contributed by atoms with E-state index in [0.717, 1.165) is 11.0 Å². The van der Waals surface area contributed by atoms with Gasteiger partial charge in [0.2, 0.25) is 0 Å². The Morgan fingerprint density at radius 2 is 2.20 bits per heavy atom. The number of nitrogens with two attached hydrogens (primary N) is 1. The van der Waals surface area contributed by atoms with Crippen LogP contribution in [0.15, 0.2) is 34.9 Å². The zero-order chi connectivity index (χ0) is 14.7. The molecular weight excluding hydrogens is 322 g/mol. The van der Waals surface area contributed by atoms with Crippen LogP contribution in [0.5, 0.6) is 5.75 Å². The van der Waals surface area contributed by atoms with Gasteiger partial charge in [-0.25, -0.2) is 0 Å². The van der Waals surface area contributed by atoms with Gasteiger partial charge in [0.05, 0.1) is 12.8 Å². The first-order valence-corrected chi connectivity index (χ1v) is 6.95. The number of nitrogens with zero attached hydrogens (tertiary/aromatic N) is 1. The molecule has 5 nitrogen and oxygen atoms in total. The summed E-state index contributed by atoms with van der Waals surface area (Å²) in [6, 6.07) is 6.93. The van der Waals surface area contributed by atoms with Crippen molar-refractivity contribution in [2.45, 2.75) is 13.5 Å². The lowest BCUT2D eigenvalue weighted by molar-refractivity contribution is 0.101. The second kappa shape index (κ2) is 6.00. The van der Waals surface area contributed by atoms with Crippen molar-refractivity contribution in [2.75, 3.05) is 18.2 Å². The predicted molar refractivity (Wildman–Crippen MR) is 83.2 cm³/mol. The number of anilines is 2. The summed E-state index contributed by atoms with van der Waals surface area (Å²) in [5.41, 5.74) is 7.53. The Bertz CT molecular complexity index is 637. The van der Waals surface area contributed by atoms with E-state index in [1.54, 1.807) is 31.4 Å². The minimum Gasteiger partial charge on any atom is -0.495 e. The van der Waals surface area contributed by atoms with E-state index in [-0.39, 0.29) is 5.91 Å². The van der Waals surface area contributed by atoms with Gasteiger partial charge in [0.15, 0.2) is 0 Å². The standard InChI is InChI=1S/C14H16BrN3O2/c1-3-18-8-9(15)6-12(18)14(19)17-10-4-5-13(20-2)11(16)7-10/h4-8H,3,16H2,1-2H3,(H,17,19). The molecule has 1 aromatic carbocycles. The molecule has 0 bridgehead atoms. The van der Waals surface area contributed by atoms with Crippen molar-refractivity contribution in [3.05, 3.63) is 40.6 Å². The van der Waals surface area contributed by atoms with Gasteiger partial charge in [-0.3, -0.25) is 4.79 Å². The van der Waals surface area contributed by atoms with Gasteiger partial charge in [0, 0.05) is 22.9 Å². The first-order chi connectivity index (χ1) is 9.55. The number of amides is 1. The third-order valence-electron chi connectivity index (χ3n) is 2.92. The van der Waals surface area contributed by atoms with E-state index in [2.05, 4.69) is 21.2 Å². The highest BCUT2D eigenvalue weighted by Gasteiger charge is 2.13. The van der Waals surface area contributed by atoms with E-state index in [0.29, 0.717) is 22.8 Å². The summed E-state index contributed by atoms with van der Waals surface area (Å²) in [6.07, 6.45) is 1.87. The van der Waals surface area contributed by atoms with Gasteiger partial charge in [0.1, 0.15) is 11.4 Å². The number of nitrogens with one attached hydrogen (secondary N) is 1. The number of hydrogen-bond acceptors (Lipinski definition) is 3. The Morgan fingerprint density at radius 1 is 1.45 bits per heavy atom. The predicted octanol–water partition coefficient (Wildman–Crippen LogP) is 3.11. The summed E-state index contributed by atoms with van der Waals surface area (Å²) in [7, 11) is 1.55. The van der Waals surface area contributed by atoms with Gasteiger partial charge in [-0.15, -0.1) is 0 Å². The highest BCUT2D eigenvalue weighted by molar-refractivity contribution is 9.10. The molecule has 1 heterocycles. The van der Waals surface area contributed by atoms with Gasteiger partial charge in [-0.05, 0) is 47.1 Å². The summed E-state index contributed by atoms with van der Waals surface area (Å²) < 4.78 is 7.82. The number of rotatable bonds is 4. The van der Waals surface area contributed by atoms with Crippen LogP contribution in [0.1, 0.15) is 17.4 Å². The number of hydrogen-bond donors (Lipinski definition) is 2. The van der Waals surface area contributed by atoms with E-state index in [9.17, 15) is 4.79 Å². The topological polar surface area (TPSA) is 69.3 Å². The van der Waals surface area contributed by atoms with Crippen molar-refractivity contribution in [3.8, 4) is 5.75 Å². The van der Waals surface area contributed by atoms with E-state index in [1.807, 2.05) is 17.7 Å². The highest BCUT2D eigenvalue weighted by Crippen LogP contribution is 2.25. The molecule has 2 aromatic rings. The quantitative estimate of drug-likeness (QED) is 0.842. The minimum absolute atomic E-state index is 0.179. The Balaban J connectivity index is 2.21. The van der Waals surface area contributed by atoms with Crippen molar-refractivity contribution in [3.63, 3.8) is 0 Å². The SMILES string of the molecule is CCn1cc(Br)cc1C(=O)Nc1ccc(OC)c(N)c1. The average molecular weight is 338 g/mol. The third kappa shape index (κ3) is 2.96. The zero-order valence-corrected chi connectivity index (χ0v) is 12.9. The Hall–Kier alpha value is -1.95. The number of aryl methyl sites for hydroxylation is 1. The van der Waals surface area contributed by atoms with Crippen LogP contribution in [0, 0.1) is 0 Å². The number of ether oxygens (including phenoxy) is 1. The second-order valence-corrected chi connectivity index (χ2v) is 5.16. The van der Waals surface area contributed by atoms with Gasteiger partial charge in [-0.2, -0.15) is 0 Å². The van der Waals surface area contributed by atoms with E-state index < -0.39 is 0 Å². The maximum atomic E-state index is 12.2. The van der Waals surface area contributed by atoms with Crippen LogP contribution < -0.4 is 15.8 Å². The molecule has 2 rings (SSSR count). The van der Waals surface area contributed by atoms with E-state index >= 15 is 0 Å². The maximum Gasteiger partial charge on any atom is 0.272 e. The molecule has 0 aliphatic heterocycles. The molecule has 0 radical (unpaired) electrons. The maximum absolute atomic E-state index is 12.2. The summed E-state index contributed by atoms with van der Waals surface area (Å²) in [5.74, 6) is 0.407. The van der Waals surface area contributed by atoms with Crippen LogP contribution >= 0.6 is 15.9 Å². The minimum atomic E-state index is -0.179. The lowest BCUT2D eigenvalue weighted by Gasteiger charge is -2.10. The second-order valence-electron chi connectivity index (χ2n) is 4.24. The number of aromatic nitrogens is 1. The van der Waals surface area contributed by atoms with Crippen molar-refractivity contribution < 1.29 is 9.53 Å². The molecule has 1 aromatic heterocycles.